The molecule has 2 heteroatoms. The van der Waals surface area contributed by atoms with E-state index in [0.717, 1.165) is 24.0 Å². The lowest BCUT2D eigenvalue weighted by atomic mass is 9.89. The van der Waals surface area contributed by atoms with E-state index in [1.165, 1.54) is 5.57 Å². The van der Waals surface area contributed by atoms with Gasteiger partial charge < -0.3 is 5.11 Å². The van der Waals surface area contributed by atoms with Gasteiger partial charge in [-0.1, -0.05) is 86.1 Å². The van der Waals surface area contributed by atoms with E-state index in [1.54, 1.807) is 13.0 Å². The Labute approximate surface area is 152 Å². The third kappa shape index (κ3) is 15.7. The van der Waals surface area contributed by atoms with Crippen LogP contribution < -0.4 is 0 Å². The minimum absolute atomic E-state index is 0.105. The number of carbonyl (C=O) groups excluding carboxylic acids is 1. The highest BCUT2D eigenvalue weighted by Gasteiger charge is 2.17. The summed E-state index contributed by atoms with van der Waals surface area (Å²) in [6, 6.07) is 0. The minimum atomic E-state index is -0.498. The van der Waals surface area contributed by atoms with E-state index in [-0.39, 0.29) is 5.78 Å². The van der Waals surface area contributed by atoms with Crippen molar-refractivity contribution >= 4 is 5.78 Å². The van der Waals surface area contributed by atoms with Gasteiger partial charge in [0, 0.05) is 6.42 Å². The smallest absolute Gasteiger partial charge is 0.134 e. The van der Waals surface area contributed by atoms with E-state index in [1.807, 2.05) is 61.5 Å². The molecule has 1 N–H and O–H groups in total. The maximum Gasteiger partial charge on any atom is 0.134 e. The zero-order chi connectivity index (χ0) is 20.1. The van der Waals surface area contributed by atoms with Gasteiger partial charge in [0.25, 0.3) is 0 Å². The molecule has 0 amide bonds. The van der Waals surface area contributed by atoms with Crippen molar-refractivity contribution in [1.29, 1.82) is 0 Å². The molecule has 0 aromatic rings. The van der Waals surface area contributed by atoms with E-state index in [2.05, 4.69) is 13.5 Å². The number of ketones is 1. The maximum absolute atomic E-state index is 11.3. The summed E-state index contributed by atoms with van der Waals surface area (Å²) >= 11 is 0. The molecule has 0 radical (unpaired) electrons. The summed E-state index contributed by atoms with van der Waals surface area (Å²) in [6.07, 6.45) is 6.02. The zero-order valence-corrected chi connectivity index (χ0v) is 18.1. The molecule has 0 heterocycles. The first-order valence-electron chi connectivity index (χ1n) is 9.66. The first-order valence-corrected chi connectivity index (χ1v) is 9.66. The Morgan fingerprint density at radius 1 is 1.04 bits per heavy atom. The second-order valence-corrected chi connectivity index (χ2v) is 4.67. The van der Waals surface area contributed by atoms with Gasteiger partial charge in [-0.15, -0.1) is 0 Å². The standard InChI is InChI=1S/C16H26O2.3C2H6/c1-6-9-12(4)16(15(18)8-3)14(10-7-2)11-13(5)17;3*1-2/h7,10,15,18H,2,6,8-9,11H2,1,3-5H3;3*1-2H3/b14-10-,16-12-;;;. The SMILES string of the molecule is C=C/C=C(CC(C)=O)\C(=C(/C)CCC)C(O)CC.CC.CC.CC. The van der Waals surface area contributed by atoms with Gasteiger partial charge in [0.2, 0.25) is 0 Å². The van der Waals surface area contributed by atoms with Crippen molar-refractivity contribution in [3.8, 4) is 0 Å². The molecule has 0 bridgehead atoms. The Balaban J connectivity index is -0.000000297. The molecule has 1 unspecified atom stereocenters. The first-order chi connectivity index (χ1) is 11.5. The third-order valence-electron chi connectivity index (χ3n) is 2.91. The van der Waals surface area contributed by atoms with Crippen LogP contribution in [-0.4, -0.2) is 17.0 Å². The largest absolute Gasteiger partial charge is 0.388 e. The summed E-state index contributed by atoms with van der Waals surface area (Å²) in [7, 11) is 0. The lowest BCUT2D eigenvalue weighted by molar-refractivity contribution is -0.116. The van der Waals surface area contributed by atoms with Crippen LogP contribution >= 0.6 is 0 Å². The van der Waals surface area contributed by atoms with Crippen LogP contribution in [0.1, 0.15) is 94.9 Å². The van der Waals surface area contributed by atoms with Crippen LogP contribution in [0.4, 0.5) is 0 Å². The van der Waals surface area contributed by atoms with Crippen molar-refractivity contribution in [3.05, 3.63) is 35.5 Å². The van der Waals surface area contributed by atoms with E-state index in [9.17, 15) is 9.90 Å². The summed E-state index contributed by atoms with van der Waals surface area (Å²) < 4.78 is 0. The van der Waals surface area contributed by atoms with Crippen LogP contribution in [0, 0.1) is 0 Å². The Hall–Kier alpha value is -1.15. The molecule has 0 saturated carbocycles. The second-order valence-electron chi connectivity index (χ2n) is 4.67. The van der Waals surface area contributed by atoms with E-state index in [0.29, 0.717) is 12.8 Å². The summed E-state index contributed by atoms with van der Waals surface area (Å²) in [5.41, 5.74) is 2.99. The Bertz CT molecular complexity index is 349. The number of aliphatic hydroxyl groups is 1. The molecule has 0 rings (SSSR count). The highest BCUT2D eigenvalue weighted by molar-refractivity contribution is 5.79. The molecule has 0 saturated heterocycles. The minimum Gasteiger partial charge on any atom is -0.388 e. The average molecular weight is 341 g/mol. The fraction of sp³-hybridized carbons (Fsp3) is 0.682. The van der Waals surface area contributed by atoms with Gasteiger partial charge in [0.15, 0.2) is 0 Å². The van der Waals surface area contributed by atoms with Crippen molar-refractivity contribution in [2.45, 2.75) is 101 Å². The molecular weight excluding hydrogens is 296 g/mol. The fourth-order valence-corrected chi connectivity index (χ4v) is 2.14. The quantitative estimate of drug-likeness (QED) is 0.481. The molecule has 0 spiro atoms. The summed E-state index contributed by atoms with van der Waals surface area (Å²) in [4.78, 5) is 11.3. The number of aliphatic hydroxyl groups excluding tert-OH is 1. The lowest BCUT2D eigenvalue weighted by Gasteiger charge is -2.20. The number of allylic oxidation sites excluding steroid dienone is 3. The molecule has 0 aromatic heterocycles. The first kappa shape index (κ1) is 30.7. The molecule has 0 aliphatic rings. The van der Waals surface area contributed by atoms with Crippen molar-refractivity contribution in [2.24, 2.45) is 0 Å². The Kier molecular flexibility index (Phi) is 30.8. The van der Waals surface area contributed by atoms with Crippen molar-refractivity contribution in [2.75, 3.05) is 0 Å². The van der Waals surface area contributed by atoms with Crippen LogP contribution in [0.5, 0.6) is 0 Å². The molecule has 1 atom stereocenters. The van der Waals surface area contributed by atoms with Gasteiger partial charge >= 0.3 is 0 Å². The van der Waals surface area contributed by atoms with Crippen LogP contribution in [-0.2, 0) is 4.79 Å². The van der Waals surface area contributed by atoms with Crippen molar-refractivity contribution in [3.63, 3.8) is 0 Å². The topological polar surface area (TPSA) is 37.3 Å². The maximum atomic E-state index is 11.3. The van der Waals surface area contributed by atoms with E-state index >= 15 is 0 Å². The normalized spacial score (nSPS) is 12.0. The zero-order valence-electron chi connectivity index (χ0n) is 18.1. The summed E-state index contributed by atoms with van der Waals surface area (Å²) in [6.45, 7) is 23.4. The fourth-order valence-electron chi connectivity index (χ4n) is 2.14. The van der Waals surface area contributed by atoms with Gasteiger partial charge in [-0.25, -0.2) is 0 Å². The number of Topliss-reactive ketones (excluding diaryl/α,β-unsaturated/α-hetero) is 1. The molecule has 0 aromatic carbocycles. The number of carbonyl (C=O) groups is 1. The summed E-state index contributed by atoms with van der Waals surface area (Å²) in [5.74, 6) is 0.105. The summed E-state index contributed by atoms with van der Waals surface area (Å²) in [5, 5.41) is 10.2. The lowest BCUT2D eigenvalue weighted by Crippen LogP contribution is -2.14. The van der Waals surface area contributed by atoms with Gasteiger partial charge in [0.1, 0.15) is 5.78 Å². The second kappa shape index (κ2) is 24.1. The van der Waals surface area contributed by atoms with Crippen LogP contribution in [0.15, 0.2) is 35.5 Å². The third-order valence-corrected chi connectivity index (χ3v) is 2.91. The van der Waals surface area contributed by atoms with E-state index in [4.69, 9.17) is 0 Å². The average Bonchev–Trinajstić information content (AvgIpc) is 2.60. The number of rotatable bonds is 8. The molecule has 24 heavy (non-hydrogen) atoms. The van der Waals surface area contributed by atoms with Crippen LogP contribution in [0.2, 0.25) is 0 Å². The van der Waals surface area contributed by atoms with Gasteiger partial charge in [-0.05, 0) is 37.8 Å². The van der Waals surface area contributed by atoms with Crippen LogP contribution in [0.3, 0.4) is 0 Å². The molecule has 2 nitrogen and oxygen atoms in total. The number of hydrogen-bond acceptors (Lipinski definition) is 2. The van der Waals surface area contributed by atoms with Gasteiger partial charge in [-0.3, -0.25) is 4.79 Å². The van der Waals surface area contributed by atoms with E-state index < -0.39 is 6.10 Å². The predicted octanol–water partition coefficient (Wildman–Crippen LogP) is 7.04. The van der Waals surface area contributed by atoms with Crippen molar-refractivity contribution in [1.82, 2.24) is 0 Å². The number of hydrogen-bond donors (Lipinski definition) is 1. The highest BCUT2D eigenvalue weighted by Crippen LogP contribution is 2.26. The van der Waals surface area contributed by atoms with Crippen LogP contribution in [0.25, 0.3) is 0 Å². The Morgan fingerprint density at radius 3 is 1.79 bits per heavy atom. The van der Waals surface area contributed by atoms with Gasteiger partial charge in [0.05, 0.1) is 6.10 Å². The molecule has 0 aliphatic carbocycles. The highest BCUT2D eigenvalue weighted by atomic mass is 16.3. The van der Waals surface area contributed by atoms with Crippen molar-refractivity contribution < 1.29 is 9.90 Å². The molecule has 0 fully saturated rings. The molecule has 0 aliphatic heterocycles. The molecular formula is C22H44O2. The molecule has 144 valence electrons. The van der Waals surface area contributed by atoms with Gasteiger partial charge in [-0.2, -0.15) is 0 Å². The Morgan fingerprint density at radius 2 is 1.50 bits per heavy atom. The predicted molar refractivity (Wildman–Crippen MR) is 112 cm³/mol. The monoisotopic (exact) mass is 340 g/mol.